The molecule has 35 heavy (non-hydrogen) atoms. The van der Waals surface area contributed by atoms with Crippen molar-refractivity contribution in [2.75, 3.05) is 10.7 Å². The molecule has 3 heterocycles. The number of primary amides is 1. The number of nitrogens with zero attached hydrogens (tertiary/aromatic N) is 4. The number of aliphatic carboxylic acids is 1. The summed E-state index contributed by atoms with van der Waals surface area (Å²) in [7, 11) is 0. The number of carboxylic acids is 1. The first-order valence-corrected chi connectivity index (χ1v) is 11.1. The standard InChI is InChI=1S/C21H20N6O6S.Na/c1-10-8-34-19-15(18(30)27(19)16(10)20(31)32)25-14(28)6-11-4-2-3-5-12(11)26(21(22)33)13-7-23-9-24-17(13)29;/h2-5,7,9,15,19H,6,8H2,1H3,(H2,22,33)(H,25,28)(H,31,32)(H,23,24,29);/q;+1/p-1/t15?,19-;/m1./s1. The normalized spacial score (nSPS) is 18.7. The van der Waals surface area contributed by atoms with E-state index >= 15 is 0 Å². The van der Waals surface area contributed by atoms with Gasteiger partial charge >= 0.3 is 35.6 Å². The van der Waals surface area contributed by atoms with Gasteiger partial charge in [-0.1, -0.05) is 18.2 Å². The number of fused-ring (bicyclic) bond motifs is 1. The minimum Gasteiger partial charge on any atom is -0.543 e. The summed E-state index contributed by atoms with van der Waals surface area (Å²) in [5.41, 5.74) is 6.43. The zero-order chi connectivity index (χ0) is 24.6. The number of rotatable bonds is 6. The van der Waals surface area contributed by atoms with Crippen LogP contribution in [-0.2, 0) is 20.8 Å². The summed E-state index contributed by atoms with van der Waals surface area (Å²) >= 11 is 1.34. The molecule has 0 saturated carbocycles. The first-order chi connectivity index (χ1) is 16.2. The second kappa shape index (κ2) is 10.6. The summed E-state index contributed by atoms with van der Waals surface area (Å²) in [6, 6.07) is 4.57. The molecule has 176 valence electrons. The Hall–Kier alpha value is -3.13. The number of anilines is 2. The van der Waals surface area contributed by atoms with Crippen LogP contribution in [0.5, 0.6) is 5.88 Å². The predicted octanol–water partition coefficient (Wildman–Crippen LogP) is -3.63. The van der Waals surface area contributed by atoms with Gasteiger partial charge in [0, 0.05) is 5.75 Å². The summed E-state index contributed by atoms with van der Waals surface area (Å²) in [4.78, 5) is 58.6. The minimum atomic E-state index is -1.44. The van der Waals surface area contributed by atoms with Gasteiger partial charge < -0.3 is 26.1 Å². The van der Waals surface area contributed by atoms with E-state index in [0.29, 0.717) is 16.9 Å². The van der Waals surface area contributed by atoms with Crippen LogP contribution in [0.1, 0.15) is 12.5 Å². The number of nitrogens with two attached hydrogens (primary N) is 1. The van der Waals surface area contributed by atoms with Gasteiger partial charge in [-0.25, -0.2) is 14.8 Å². The Balaban J connectivity index is 0.00000342. The number of thioether (sulfide) groups is 1. The Labute approximate surface area is 225 Å². The quantitative estimate of drug-likeness (QED) is 0.263. The van der Waals surface area contributed by atoms with Gasteiger partial charge in [0.15, 0.2) is 0 Å². The number of hydrogen-bond donors (Lipinski definition) is 3. The molecule has 4 rings (SSSR count). The molecule has 14 heteroatoms. The molecule has 1 aromatic carbocycles. The molecular formula is C21H19N6NaO6S. The number of β-lactam (4-membered cyclic amide) rings is 1. The van der Waals surface area contributed by atoms with Gasteiger partial charge in [-0.3, -0.25) is 19.4 Å². The van der Waals surface area contributed by atoms with Crippen molar-refractivity contribution in [1.29, 1.82) is 0 Å². The van der Waals surface area contributed by atoms with Crippen molar-refractivity contribution < 1.29 is 58.9 Å². The Bertz CT molecular complexity index is 1240. The van der Waals surface area contributed by atoms with E-state index in [0.717, 1.165) is 16.1 Å². The van der Waals surface area contributed by atoms with E-state index in [1.165, 1.54) is 24.0 Å². The van der Waals surface area contributed by atoms with Gasteiger partial charge in [0.25, 0.3) is 5.91 Å². The topological polar surface area (TPSA) is 182 Å². The summed E-state index contributed by atoms with van der Waals surface area (Å²) in [6.45, 7) is 1.62. The zero-order valence-corrected chi connectivity index (χ0v) is 21.6. The van der Waals surface area contributed by atoms with E-state index in [2.05, 4.69) is 15.3 Å². The molecule has 2 aliphatic heterocycles. The van der Waals surface area contributed by atoms with Crippen LogP contribution in [0.3, 0.4) is 0 Å². The van der Waals surface area contributed by atoms with E-state index in [-0.39, 0.29) is 53.0 Å². The number of carboxylic acid groups (broad SMARTS) is 1. The molecule has 2 aromatic rings. The van der Waals surface area contributed by atoms with Crippen LogP contribution in [0, 0.1) is 0 Å². The molecule has 1 saturated heterocycles. The largest absolute Gasteiger partial charge is 1.00 e. The number of nitrogens with one attached hydrogen (secondary N) is 1. The number of aromatic nitrogens is 2. The number of para-hydroxylation sites is 1. The van der Waals surface area contributed by atoms with E-state index in [1.54, 1.807) is 25.1 Å². The second-order valence-electron chi connectivity index (χ2n) is 7.58. The third kappa shape index (κ3) is 4.98. The second-order valence-corrected chi connectivity index (χ2v) is 8.69. The van der Waals surface area contributed by atoms with Crippen LogP contribution in [0.2, 0.25) is 0 Å². The van der Waals surface area contributed by atoms with Gasteiger partial charge in [-0.05, 0) is 24.1 Å². The summed E-state index contributed by atoms with van der Waals surface area (Å²) in [5, 5.41) is 23.6. The van der Waals surface area contributed by atoms with Crippen molar-refractivity contribution >= 4 is 47.0 Å². The van der Waals surface area contributed by atoms with Crippen LogP contribution in [-0.4, -0.2) is 61.0 Å². The average Bonchev–Trinajstić information content (AvgIpc) is 2.79. The predicted molar refractivity (Wildman–Crippen MR) is 118 cm³/mol. The molecule has 12 nitrogen and oxygen atoms in total. The molecule has 0 radical (unpaired) electrons. The molecule has 1 fully saturated rings. The third-order valence-electron chi connectivity index (χ3n) is 5.39. The maximum Gasteiger partial charge on any atom is 1.00 e. The number of carbonyl (C=O) groups is 4. The van der Waals surface area contributed by atoms with Gasteiger partial charge in [-0.15, -0.1) is 11.8 Å². The molecule has 2 aliphatic rings. The number of aromatic hydroxyl groups is 1. The summed E-state index contributed by atoms with van der Waals surface area (Å²) in [5.74, 6) is -2.58. The van der Waals surface area contributed by atoms with Crippen molar-refractivity contribution in [2.24, 2.45) is 5.73 Å². The fourth-order valence-electron chi connectivity index (χ4n) is 3.88. The number of benzene rings is 1. The van der Waals surface area contributed by atoms with Crippen LogP contribution in [0.15, 0.2) is 48.1 Å². The molecule has 0 aliphatic carbocycles. The average molecular weight is 506 g/mol. The first-order valence-electron chi connectivity index (χ1n) is 10.0. The Morgan fingerprint density at radius 3 is 2.69 bits per heavy atom. The third-order valence-corrected chi connectivity index (χ3v) is 6.81. The SMILES string of the molecule is CC1=C(C(=O)[O-])N2C(=O)C(NC(=O)Cc3ccccc3N(C(N)=O)c3cncnc3O)[C@H]2SC1.[Na+]. The van der Waals surface area contributed by atoms with E-state index in [1.807, 2.05) is 0 Å². The van der Waals surface area contributed by atoms with E-state index in [4.69, 9.17) is 5.73 Å². The fraction of sp³-hybridized carbons (Fsp3) is 0.238. The maximum atomic E-state index is 12.8. The van der Waals surface area contributed by atoms with Crippen LogP contribution < -0.4 is 50.6 Å². The fourth-order valence-corrected chi connectivity index (χ4v) is 5.17. The molecular weight excluding hydrogens is 487 g/mol. The van der Waals surface area contributed by atoms with Crippen LogP contribution >= 0.6 is 11.8 Å². The smallest absolute Gasteiger partial charge is 0.543 e. The summed E-state index contributed by atoms with van der Waals surface area (Å²) < 4.78 is 0. The monoisotopic (exact) mass is 506 g/mol. The van der Waals surface area contributed by atoms with Crippen molar-refractivity contribution in [3.8, 4) is 5.88 Å². The van der Waals surface area contributed by atoms with Crippen molar-refractivity contribution in [1.82, 2.24) is 20.2 Å². The maximum absolute atomic E-state index is 12.8. The molecule has 0 bridgehead atoms. The van der Waals surface area contributed by atoms with Gasteiger partial charge in [-0.2, -0.15) is 0 Å². The number of urea groups is 1. The molecule has 4 amide bonds. The first kappa shape index (κ1) is 26.5. The number of hydrogen-bond acceptors (Lipinski definition) is 9. The number of amides is 4. The Kier molecular flexibility index (Phi) is 8.05. The van der Waals surface area contributed by atoms with Crippen molar-refractivity contribution in [3.63, 3.8) is 0 Å². The molecule has 0 spiro atoms. The van der Waals surface area contributed by atoms with Gasteiger partial charge in [0.2, 0.25) is 11.8 Å². The molecule has 2 atom stereocenters. The van der Waals surface area contributed by atoms with E-state index in [9.17, 15) is 29.4 Å². The summed E-state index contributed by atoms with van der Waals surface area (Å²) in [6.07, 6.45) is 2.08. The molecule has 4 N–H and O–H groups in total. The zero-order valence-electron chi connectivity index (χ0n) is 18.8. The van der Waals surface area contributed by atoms with Crippen LogP contribution in [0.4, 0.5) is 16.2 Å². The molecule has 1 aromatic heterocycles. The minimum absolute atomic E-state index is 0. The van der Waals surface area contributed by atoms with E-state index < -0.39 is 41.1 Å². The Morgan fingerprint density at radius 1 is 1.31 bits per heavy atom. The van der Waals surface area contributed by atoms with Crippen molar-refractivity contribution in [2.45, 2.75) is 24.8 Å². The Morgan fingerprint density at radius 2 is 2.03 bits per heavy atom. The van der Waals surface area contributed by atoms with Gasteiger partial charge in [0.1, 0.15) is 23.4 Å². The number of carbonyl (C=O) groups excluding carboxylic acids is 4. The molecule has 1 unspecified atom stereocenters. The van der Waals surface area contributed by atoms with Crippen molar-refractivity contribution in [3.05, 3.63) is 53.6 Å². The van der Waals surface area contributed by atoms with Crippen LogP contribution in [0.25, 0.3) is 0 Å². The van der Waals surface area contributed by atoms with Gasteiger partial charge in [0.05, 0.1) is 30.0 Å².